The van der Waals surface area contributed by atoms with Crippen LogP contribution in [0.1, 0.15) is 33.3 Å². The number of nitrogens with one attached hydrogen (secondary N) is 1. The molecule has 0 saturated carbocycles. The third-order valence-corrected chi connectivity index (χ3v) is 3.43. The Kier molecular flexibility index (Phi) is 6.34. The molecule has 1 atom stereocenters. The second kappa shape index (κ2) is 7.71. The molecule has 1 aromatic carbocycles. The average molecular weight is 376 g/mol. The van der Waals surface area contributed by atoms with E-state index in [1.807, 2.05) is 0 Å². The van der Waals surface area contributed by atoms with Gasteiger partial charge in [-0.05, 0) is 19.1 Å². The number of halogens is 3. The zero-order valence-electron chi connectivity index (χ0n) is 14.6. The molecule has 1 rings (SSSR count). The highest BCUT2D eigenvalue weighted by Crippen LogP contribution is 2.35. The Morgan fingerprint density at radius 1 is 1.27 bits per heavy atom. The molecule has 1 aromatic rings. The first-order chi connectivity index (χ1) is 11.7. The van der Waals surface area contributed by atoms with Crippen LogP contribution >= 0.6 is 0 Å². The number of esters is 1. The van der Waals surface area contributed by atoms with Gasteiger partial charge in [0, 0.05) is 11.5 Å². The van der Waals surface area contributed by atoms with E-state index in [1.165, 1.54) is 6.92 Å². The van der Waals surface area contributed by atoms with E-state index in [2.05, 4.69) is 5.32 Å². The first-order valence-electron chi connectivity index (χ1n) is 7.55. The molecule has 7 nitrogen and oxygen atoms in total. The van der Waals surface area contributed by atoms with Crippen LogP contribution < -0.4 is 5.32 Å². The molecule has 1 N–H and O–H groups in total. The van der Waals surface area contributed by atoms with Crippen molar-refractivity contribution < 1.29 is 32.4 Å². The van der Waals surface area contributed by atoms with E-state index in [9.17, 15) is 32.9 Å². The Labute approximate surface area is 147 Å². The van der Waals surface area contributed by atoms with Crippen LogP contribution in [-0.2, 0) is 20.5 Å². The van der Waals surface area contributed by atoms with Crippen molar-refractivity contribution in [3.05, 3.63) is 33.9 Å². The van der Waals surface area contributed by atoms with Gasteiger partial charge in [0.2, 0.25) is 0 Å². The lowest BCUT2D eigenvalue weighted by Gasteiger charge is -2.18. The van der Waals surface area contributed by atoms with Gasteiger partial charge in [0.1, 0.15) is 11.7 Å². The molecule has 10 heteroatoms. The summed E-state index contributed by atoms with van der Waals surface area (Å²) in [7, 11) is 0. The SMILES string of the molecule is C[C@H](Nc1ccc(C(F)(F)F)cc1[N+](=O)[O-])C(=O)OCC(=O)C(C)(C)C. The summed E-state index contributed by atoms with van der Waals surface area (Å²) in [4.78, 5) is 33.7. The Morgan fingerprint density at radius 3 is 2.31 bits per heavy atom. The van der Waals surface area contributed by atoms with Crippen LogP contribution in [0.25, 0.3) is 0 Å². The Hall–Kier alpha value is -2.65. The molecule has 0 saturated heterocycles. The topological polar surface area (TPSA) is 98.5 Å². The predicted molar refractivity (Wildman–Crippen MR) is 86.6 cm³/mol. The monoisotopic (exact) mass is 376 g/mol. The number of carbonyl (C=O) groups is 2. The number of ketones is 1. The molecule has 0 unspecified atom stereocenters. The van der Waals surface area contributed by atoms with Gasteiger partial charge in [-0.3, -0.25) is 14.9 Å². The third-order valence-electron chi connectivity index (χ3n) is 3.43. The van der Waals surface area contributed by atoms with E-state index in [-0.39, 0.29) is 11.5 Å². The van der Waals surface area contributed by atoms with Crippen molar-refractivity contribution in [3.8, 4) is 0 Å². The van der Waals surface area contributed by atoms with Crippen molar-refractivity contribution in [2.45, 2.75) is 39.9 Å². The van der Waals surface area contributed by atoms with E-state index in [4.69, 9.17) is 4.74 Å². The summed E-state index contributed by atoms with van der Waals surface area (Å²) in [6.07, 6.45) is -4.73. The maximum absolute atomic E-state index is 12.7. The van der Waals surface area contributed by atoms with E-state index >= 15 is 0 Å². The number of benzene rings is 1. The molecule has 144 valence electrons. The first kappa shape index (κ1) is 21.4. The first-order valence-corrected chi connectivity index (χ1v) is 7.55. The summed E-state index contributed by atoms with van der Waals surface area (Å²) in [6, 6.07) is 0.795. The van der Waals surface area contributed by atoms with Crippen molar-refractivity contribution in [1.82, 2.24) is 0 Å². The second-order valence-electron chi connectivity index (χ2n) is 6.63. The van der Waals surface area contributed by atoms with E-state index in [0.717, 1.165) is 6.07 Å². The Bertz CT molecular complexity index is 711. The molecule has 0 fully saturated rings. The summed E-state index contributed by atoms with van der Waals surface area (Å²) in [5.41, 5.74) is -2.98. The number of rotatable bonds is 6. The molecule has 0 radical (unpaired) electrons. The van der Waals surface area contributed by atoms with Crippen LogP contribution in [0.3, 0.4) is 0 Å². The number of alkyl halides is 3. The lowest BCUT2D eigenvalue weighted by Crippen LogP contribution is -2.32. The van der Waals surface area contributed by atoms with Crippen LogP contribution in [0.5, 0.6) is 0 Å². The van der Waals surface area contributed by atoms with Gasteiger partial charge in [-0.15, -0.1) is 0 Å². The number of carbonyl (C=O) groups excluding carboxylic acids is 2. The normalized spacial score (nSPS) is 13.0. The van der Waals surface area contributed by atoms with Crippen molar-refractivity contribution in [3.63, 3.8) is 0 Å². The maximum Gasteiger partial charge on any atom is 0.416 e. The summed E-state index contributed by atoms with van der Waals surface area (Å²) >= 11 is 0. The average Bonchev–Trinajstić information content (AvgIpc) is 2.50. The van der Waals surface area contributed by atoms with Crippen molar-refractivity contribution in [2.24, 2.45) is 5.41 Å². The highest BCUT2D eigenvalue weighted by atomic mass is 19.4. The van der Waals surface area contributed by atoms with Gasteiger partial charge < -0.3 is 10.1 Å². The van der Waals surface area contributed by atoms with Crippen LogP contribution in [0.15, 0.2) is 18.2 Å². The predicted octanol–water partition coefficient (Wildman–Crippen LogP) is 3.57. The van der Waals surface area contributed by atoms with Crippen LogP contribution in [0.2, 0.25) is 0 Å². The number of anilines is 1. The Morgan fingerprint density at radius 2 is 1.85 bits per heavy atom. The fraction of sp³-hybridized carbons (Fsp3) is 0.500. The molecular formula is C16H19F3N2O5. The molecule has 26 heavy (non-hydrogen) atoms. The molecule has 0 aliphatic carbocycles. The summed E-state index contributed by atoms with van der Waals surface area (Å²) in [5, 5.41) is 13.5. The lowest BCUT2D eigenvalue weighted by molar-refractivity contribution is -0.384. The van der Waals surface area contributed by atoms with Crippen LogP contribution in [0.4, 0.5) is 24.5 Å². The van der Waals surface area contributed by atoms with Crippen molar-refractivity contribution in [2.75, 3.05) is 11.9 Å². The lowest BCUT2D eigenvalue weighted by atomic mass is 9.91. The standard InChI is InChI=1S/C16H19F3N2O5/c1-9(14(23)26-8-13(22)15(2,3)4)20-11-6-5-10(16(17,18)19)7-12(11)21(24)25/h5-7,9,20H,8H2,1-4H3/t9-/m0/s1. The number of nitro benzene ring substituents is 1. The van der Waals surface area contributed by atoms with Gasteiger partial charge in [-0.1, -0.05) is 20.8 Å². The largest absolute Gasteiger partial charge is 0.456 e. The van der Waals surface area contributed by atoms with Gasteiger partial charge in [-0.25, -0.2) is 4.79 Å². The third kappa shape index (κ3) is 5.71. The van der Waals surface area contributed by atoms with Gasteiger partial charge in [-0.2, -0.15) is 13.2 Å². The van der Waals surface area contributed by atoms with E-state index in [1.54, 1.807) is 20.8 Å². The number of ether oxygens (including phenoxy) is 1. The number of hydrogen-bond donors (Lipinski definition) is 1. The minimum absolute atomic E-state index is 0.269. The van der Waals surface area contributed by atoms with E-state index < -0.39 is 46.4 Å². The van der Waals surface area contributed by atoms with Gasteiger partial charge in [0.25, 0.3) is 5.69 Å². The zero-order valence-corrected chi connectivity index (χ0v) is 14.6. The van der Waals surface area contributed by atoms with Gasteiger partial charge in [0.05, 0.1) is 10.5 Å². The van der Waals surface area contributed by atoms with Gasteiger partial charge in [0.15, 0.2) is 12.4 Å². The van der Waals surface area contributed by atoms with Crippen LogP contribution in [-0.4, -0.2) is 29.3 Å². The quantitative estimate of drug-likeness (QED) is 0.463. The van der Waals surface area contributed by atoms with Crippen molar-refractivity contribution >= 4 is 23.1 Å². The smallest absolute Gasteiger partial charge is 0.416 e. The molecule has 0 aromatic heterocycles. The van der Waals surface area contributed by atoms with Crippen molar-refractivity contribution in [1.29, 1.82) is 0 Å². The number of hydrogen-bond acceptors (Lipinski definition) is 6. The molecule has 0 heterocycles. The second-order valence-corrected chi connectivity index (χ2v) is 6.63. The fourth-order valence-electron chi connectivity index (χ4n) is 1.75. The number of nitrogens with zero attached hydrogens (tertiary/aromatic N) is 1. The van der Waals surface area contributed by atoms with Crippen LogP contribution in [0, 0.1) is 15.5 Å². The molecule has 0 aliphatic rings. The highest BCUT2D eigenvalue weighted by molar-refractivity contribution is 5.88. The molecular weight excluding hydrogens is 357 g/mol. The molecule has 0 amide bonds. The summed E-state index contributed by atoms with van der Waals surface area (Å²) in [5.74, 6) is -1.18. The minimum Gasteiger partial charge on any atom is -0.456 e. The zero-order chi connectivity index (χ0) is 20.3. The number of Topliss-reactive ketones (excluding diaryl/α,β-unsaturated/α-hetero) is 1. The molecule has 0 spiro atoms. The van der Waals surface area contributed by atoms with E-state index in [0.29, 0.717) is 12.1 Å². The summed E-state index contributed by atoms with van der Waals surface area (Å²) in [6.45, 7) is 5.79. The highest BCUT2D eigenvalue weighted by Gasteiger charge is 2.33. The Balaban J connectivity index is 2.89. The number of nitro groups is 1. The minimum atomic E-state index is -4.73. The summed E-state index contributed by atoms with van der Waals surface area (Å²) < 4.78 is 42.9. The fourth-order valence-corrected chi connectivity index (χ4v) is 1.75. The van der Waals surface area contributed by atoms with Gasteiger partial charge >= 0.3 is 12.1 Å². The molecule has 0 bridgehead atoms. The maximum atomic E-state index is 12.7. The molecule has 0 aliphatic heterocycles.